The van der Waals surface area contributed by atoms with Crippen LogP contribution in [0.4, 0.5) is 24.5 Å². The molecule has 5 aromatic rings. The summed E-state index contributed by atoms with van der Waals surface area (Å²) in [5.41, 5.74) is 0.00928. The van der Waals surface area contributed by atoms with Crippen molar-refractivity contribution >= 4 is 40.0 Å². The first-order valence-electron chi connectivity index (χ1n) is 18.9. The first-order chi connectivity index (χ1) is 28.9. The van der Waals surface area contributed by atoms with Crippen LogP contribution in [0.15, 0.2) is 82.0 Å². The van der Waals surface area contributed by atoms with Crippen molar-refractivity contribution in [2.75, 3.05) is 53.9 Å². The van der Waals surface area contributed by atoms with Gasteiger partial charge in [0.2, 0.25) is 5.91 Å². The summed E-state index contributed by atoms with van der Waals surface area (Å²) in [7, 11) is 8.67. The number of anilines is 1. The zero-order valence-corrected chi connectivity index (χ0v) is 35.5. The highest BCUT2D eigenvalue weighted by Gasteiger charge is 2.36. The van der Waals surface area contributed by atoms with Gasteiger partial charge in [0.1, 0.15) is 6.54 Å². The van der Waals surface area contributed by atoms with E-state index in [1.807, 2.05) is 30.3 Å². The van der Waals surface area contributed by atoms with Gasteiger partial charge in [-0.2, -0.15) is 18.4 Å². The number of nitro benzene ring substituents is 1. The largest absolute Gasteiger partial charge is 0.493 e. The van der Waals surface area contributed by atoms with Crippen LogP contribution < -0.4 is 30.0 Å². The zero-order chi connectivity index (χ0) is 45.1. The molecule has 1 amide bonds. The van der Waals surface area contributed by atoms with Crippen LogP contribution in [0.5, 0.6) is 23.0 Å². The second kappa shape index (κ2) is 20.8. The number of benzene rings is 4. The van der Waals surface area contributed by atoms with E-state index in [0.29, 0.717) is 17.6 Å². The number of oxazole rings is 1. The van der Waals surface area contributed by atoms with Gasteiger partial charge in [0.15, 0.2) is 28.6 Å². The molecule has 1 N–H and O–H groups in total. The van der Waals surface area contributed by atoms with Crippen LogP contribution in [0.2, 0.25) is 5.02 Å². The monoisotopic (exact) mass is 869 g/mol. The molecule has 14 nitrogen and oxygen atoms in total. The summed E-state index contributed by atoms with van der Waals surface area (Å²) in [4.78, 5) is 36.5. The van der Waals surface area contributed by atoms with Crippen molar-refractivity contribution in [2.24, 2.45) is 5.92 Å². The lowest BCUT2D eigenvalue weighted by Gasteiger charge is -2.32. The van der Waals surface area contributed by atoms with E-state index in [1.54, 1.807) is 28.4 Å². The second-order valence-electron chi connectivity index (χ2n) is 14.3. The van der Waals surface area contributed by atoms with Gasteiger partial charge in [-0.15, -0.1) is 0 Å². The van der Waals surface area contributed by atoms with E-state index in [4.69, 9.17) is 35.0 Å². The summed E-state index contributed by atoms with van der Waals surface area (Å²) in [5, 5.41) is 23.1. The predicted molar refractivity (Wildman–Crippen MR) is 224 cm³/mol. The van der Waals surface area contributed by atoms with Crippen molar-refractivity contribution in [1.29, 1.82) is 5.26 Å². The van der Waals surface area contributed by atoms with Crippen LogP contribution in [-0.2, 0) is 29.4 Å². The molecule has 0 spiro atoms. The average Bonchev–Trinajstić information content (AvgIpc) is 3.54. The first kappa shape index (κ1) is 47.4. The molecule has 4 aromatic carbocycles. The van der Waals surface area contributed by atoms with Crippen LogP contribution in [0.1, 0.15) is 43.4 Å². The molecule has 0 aliphatic carbocycles. The molecule has 0 fully saturated rings. The van der Waals surface area contributed by atoms with Gasteiger partial charge in [0.25, 0.3) is 5.69 Å². The Morgan fingerprint density at radius 1 is 0.918 bits per heavy atom. The lowest BCUT2D eigenvalue weighted by atomic mass is 9.69. The Kier molecular flexibility index (Phi) is 16.2. The Labute approximate surface area is 355 Å². The maximum absolute atomic E-state index is 12.8. The minimum absolute atomic E-state index is 0.107. The highest BCUT2D eigenvalue weighted by Crippen LogP contribution is 2.41. The number of hydrogen-bond donors (Lipinski definition) is 1. The number of nitrogens with one attached hydrogen (secondary N) is 1. The summed E-state index contributed by atoms with van der Waals surface area (Å²) in [6.07, 6.45) is -2.02. The first-order valence-corrected chi connectivity index (χ1v) is 19.3. The van der Waals surface area contributed by atoms with E-state index in [-0.39, 0.29) is 33.4 Å². The number of amides is 1. The van der Waals surface area contributed by atoms with Gasteiger partial charge in [0.05, 0.1) is 72.7 Å². The summed E-state index contributed by atoms with van der Waals surface area (Å²) in [5.74, 6) is 1.19. The Morgan fingerprint density at radius 2 is 1.54 bits per heavy atom. The minimum atomic E-state index is -4.63. The van der Waals surface area contributed by atoms with Gasteiger partial charge in [-0.25, -0.2) is 4.79 Å². The number of likely N-dealkylation sites (N-methyl/N-ethyl adjacent to an activating group) is 1. The minimum Gasteiger partial charge on any atom is -0.493 e. The molecule has 1 heterocycles. The van der Waals surface area contributed by atoms with E-state index in [0.717, 1.165) is 78.2 Å². The Balaban J connectivity index is 0.000000272. The maximum Gasteiger partial charge on any atom is 0.420 e. The van der Waals surface area contributed by atoms with Crippen LogP contribution in [0.3, 0.4) is 0 Å². The van der Waals surface area contributed by atoms with Crippen LogP contribution >= 0.6 is 11.6 Å². The van der Waals surface area contributed by atoms with Gasteiger partial charge in [-0.05, 0) is 98.4 Å². The van der Waals surface area contributed by atoms with Crippen molar-refractivity contribution < 1.29 is 46.3 Å². The van der Waals surface area contributed by atoms with E-state index in [1.165, 1.54) is 11.6 Å². The summed E-state index contributed by atoms with van der Waals surface area (Å²) >= 11 is 5.81. The fourth-order valence-corrected chi connectivity index (χ4v) is 6.84. The Hall–Kier alpha value is -6.25. The third-order valence-corrected chi connectivity index (χ3v) is 10.5. The molecule has 1 atom stereocenters. The fraction of sp³-hybridized carbons (Fsp3) is 0.372. The number of nitrogens with zero attached hydrogens (tertiary/aromatic N) is 4. The van der Waals surface area contributed by atoms with E-state index in [9.17, 15) is 38.1 Å². The van der Waals surface area contributed by atoms with E-state index < -0.39 is 40.3 Å². The lowest BCUT2D eigenvalue weighted by molar-refractivity contribution is -0.384. The molecule has 0 aliphatic rings. The maximum atomic E-state index is 12.8. The fourth-order valence-electron chi connectivity index (χ4n) is 6.67. The number of non-ortho nitro benzene ring substituents is 1. The highest BCUT2D eigenvalue weighted by atomic mass is 35.5. The predicted octanol–water partition coefficient (Wildman–Crippen LogP) is 8.91. The standard InChI is InChI=1S/C27H38N2O4.C16H9ClF3N3O5/c1-20(2)27(19-28,22-10-12-24(31-5)26(18-22)33-7)14-8-15-29(3)16-13-21-9-11-23(30-4)25(17-21)32-6;17-10-3-1-8(16(18,19)20)5-11(10)21-14(24)7-22-12-4-2-9(23(26)27)6-13(12)28-15(22)25/h9-12,17-18,20H,8,13-16H2,1-7H3;1-6H,7H2,(H,21,24). The summed E-state index contributed by atoms with van der Waals surface area (Å²) < 4.78 is 65.7. The third kappa shape index (κ3) is 11.7. The number of nitriles is 1. The van der Waals surface area contributed by atoms with Crippen LogP contribution in [0.25, 0.3) is 11.1 Å². The van der Waals surface area contributed by atoms with Gasteiger partial charge >= 0.3 is 11.9 Å². The normalized spacial score (nSPS) is 12.3. The number of ether oxygens (including phenoxy) is 4. The molecule has 1 aromatic heterocycles. The molecule has 0 saturated carbocycles. The van der Waals surface area contributed by atoms with Crippen molar-refractivity contribution in [2.45, 2.75) is 51.2 Å². The quantitative estimate of drug-likeness (QED) is 0.0699. The van der Waals surface area contributed by atoms with E-state index in [2.05, 4.69) is 43.2 Å². The molecule has 0 aliphatic heterocycles. The number of halogens is 4. The smallest absolute Gasteiger partial charge is 0.420 e. The van der Waals surface area contributed by atoms with Crippen molar-refractivity contribution in [1.82, 2.24) is 9.47 Å². The number of hydrogen-bond acceptors (Lipinski definition) is 11. The third-order valence-electron chi connectivity index (χ3n) is 10.2. The number of aromatic nitrogens is 1. The molecule has 0 saturated heterocycles. The highest BCUT2D eigenvalue weighted by molar-refractivity contribution is 6.33. The molecular weight excluding hydrogens is 823 g/mol. The molecule has 0 bridgehead atoms. The van der Waals surface area contributed by atoms with Gasteiger partial charge < -0.3 is 33.6 Å². The number of fused-ring (bicyclic) bond motifs is 1. The number of nitro groups is 1. The molecule has 5 rings (SSSR count). The van der Waals surface area contributed by atoms with Crippen LogP contribution in [0, 0.1) is 27.4 Å². The molecule has 18 heteroatoms. The van der Waals surface area contributed by atoms with Crippen molar-refractivity contribution in [3.63, 3.8) is 0 Å². The number of rotatable bonds is 17. The van der Waals surface area contributed by atoms with E-state index >= 15 is 0 Å². The van der Waals surface area contributed by atoms with Crippen LogP contribution in [-0.4, -0.2) is 68.9 Å². The summed E-state index contributed by atoms with van der Waals surface area (Å²) in [6.45, 7) is 5.46. The van der Waals surface area contributed by atoms with Crippen molar-refractivity contribution in [3.05, 3.63) is 115 Å². The number of alkyl halides is 3. The molecular formula is C43H47ClF3N5O9. The van der Waals surface area contributed by atoms with Gasteiger partial charge in [0, 0.05) is 12.6 Å². The lowest BCUT2D eigenvalue weighted by Crippen LogP contribution is -2.32. The SMILES string of the molecule is COc1ccc(CCN(C)CCCC(C#N)(c2ccc(OC)c(OC)c2)C(C)C)cc1OC.O=C(Cn1c(=O)oc2cc([N+](=O)[O-])ccc21)Nc1cc(C(F)(F)F)ccc1Cl. The zero-order valence-electron chi connectivity index (χ0n) is 34.7. The molecule has 326 valence electrons. The Morgan fingerprint density at radius 3 is 2.13 bits per heavy atom. The van der Waals surface area contributed by atoms with Crippen molar-refractivity contribution in [3.8, 4) is 29.1 Å². The number of carbonyl (C=O) groups is 1. The van der Waals surface area contributed by atoms with Gasteiger partial charge in [-0.3, -0.25) is 19.5 Å². The number of methoxy groups -OCH3 is 4. The topological polar surface area (TPSA) is 171 Å². The molecule has 0 radical (unpaired) electrons. The average molecular weight is 870 g/mol. The summed E-state index contributed by atoms with van der Waals surface area (Å²) in [6, 6.07) is 20.3. The molecule has 1 unspecified atom stereocenters. The Bertz CT molecular complexity index is 2430. The molecule has 61 heavy (non-hydrogen) atoms. The number of carbonyl (C=O) groups excluding carboxylic acids is 1. The van der Waals surface area contributed by atoms with Gasteiger partial charge in [-0.1, -0.05) is 37.6 Å². The second-order valence-corrected chi connectivity index (χ2v) is 14.7.